The predicted octanol–water partition coefficient (Wildman–Crippen LogP) is 2.92. The number of aromatic nitrogens is 1. The molecule has 0 fully saturated rings. The van der Waals surface area contributed by atoms with Crippen molar-refractivity contribution in [2.24, 2.45) is 0 Å². The topological polar surface area (TPSA) is 62.3 Å². The Morgan fingerprint density at radius 1 is 1.22 bits per heavy atom. The third kappa shape index (κ3) is 5.92. The first kappa shape index (κ1) is 17.3. The lowest BCUT2D eigenvalue weighted by Crippen LogP contribution is -2.35. The molecule has 2 aromatic rings. The summed E-state index contributed by atoms with van der Waals surface area (Å²) >= 11 is 7.13. The summed E-state index contributed by atoms with van der Waals surface area (Å²) in [7, 11) is 1.60. The molecule has 1 aromatic carbocycles. The van der Waals surface area contributed by atoms with E-state index >= 15 is 0 Å². The van der Waals surface area contributed by atoms with E-state index in [4.69, 9.17) is 11.6 Å². The number of thioether (sulfide) groups is 1. The van der Waals surface area contributed by atoms with Crippen molar-refractivity contribution in [3.63, 3.8) is 0 Å². The average Bonchev–Trinajstić information content (AvgIpc) is 2.55. The van der Waals surface area contributed by atoms with Gasteiger partial charge in [-0.05, 0) is 36.4 Å². The number of pyridine rings is 1. The zero-order valence-electron chi connectivity index (χ0n) is 12.5. The highest BCUT2D eigenvalue weighted by atomic mass is 35.5. The standard InChI is InChI=1S/C16H16ClN3O2S/c1-20(16(22)11-23-15-4-2-3-9-18-15)10-14(21)19-13-7-5-12(17)6-8-13/h2-9H,10-11H2,1H3,(H,19,21). The molecule has 120 valence electrons. The highest BCUT2D eigenvalue weighted by Crippen LogP contribution is 2.15. The summed E-state index contributed by atoms with van der Waals surface area (Å²) in [5, 5.41) is 4.09. The number of nitrogens with zero attached hydrogens (tertiary/aromatic N) is 2. The monoisotopic (exact) mass is 349 g/mol. The van der Waals surface area contributed by atoms with Crippen LogP contribution in [0, 0.1) is 0 Å². The second-order valence-electron chi connectivity index (χ2n) is 4.76. The van der Waals surface area contributed by atoms with Crippen LogP contribution in [0.2, 0.25) is 5.02 Å². The van der Waals surface area contributed by atoms with Gasteiger partial charge in [0, 0.05) is 24.0 Å². The second kappa shape index (κ2) is 8.55. The number of nitrogens with one attached hydrogen (secondary N) is 1. The summed E-state index contributed by atoms with van der Waals surface area (Å²) in [6.07, 6.45) is 1.68. The van der Waals surface area contributed by atoms with Crippen LogP contribution in [0.3, 0.4) is 0 Å². The second-order valence-corrected chi connectivity index (χ2v) is 6.19. The van der Waals surface area contributed by atoms with Crippen LogP contribution in [0.1, 0.15) is 0 Å². The van der Waals surface area contributed by atoms with Gasteiger partial charge in [0.2, 0.25) is 11.8 Å². The summed E-state index contributed by atoms with van der Waals surface area (Å²) < 4.78 is 0. The van der Waals surface area contributed by atoms with E-state index in [1.807, 2.05) is 18.2 Å². The van der Waals surface area contributed by atoms with Crippen molar-refractivity contribution in [3.05, 3.63) is 53.7 Å². The van der Waals surface area contributed by atoms with E-state index in [1.165, 1.54) is 16.7 Å². The Kier molecular flexibility index (Phi) is 6.43. The van der Waals surface area contributed by atoms with Gasteiger partial charge in [0.25, 0.3) is 0 Å². The van der Waals surface area contributed by atoms with Crippen LogP contribution in [0.25, 0.3) is 0 Å². The molecule has 5 nitrogen and oxygen atoms in total. The molecule has 0 saturated heterocycles. The minimum atomic E-state index is -0.258. The van der Waals surface area contributed by atoms with Gasteiger partial charge >= 0.3 is 0 Å². The summed E-state index contributed by atoms with van der Waals surface area (Å²) in [5.74, 6) is -0.153. The Morgan fingerprint density at radius 2 is 1.96 bits per heavy atom. The molecule has 7 heteroatoms. The fourth-order valence-electron chi connectivity index (χ4n) is 1.72. The Balaban J connectivity index is 1.78. The number of hydrogen-bond donors (Lipinski definition) is 1. The van der Waals surface area contributed by atoms with Crippen LogP contribution < -0.4 is 5.32 Å². The van der Waals surface area contributed by atoms with E-state index in [2.05, 4.69) is 10.3 Å². The molecule has 0 aliphatic carbocycles. The summed E-state index contributed by atoms with van der Waals surface area (Å²) in [6.45, 7) is -0.00968. The third-order valence-electron chi connectivity index (χ3n) is 2.92. The normalized spacial score (nSPS) is 10.2. The van der Waals surface area contributed by atoms with Gasteiger partial charge in [0.15, 0.2) is 0 Å². The molecule has 0 radical (unpaired) electrons. The zero-order valence-corrected chi connectivity index (χ0v) is 14.1. The quantitative estimate of drug-likeness (QED) is 0.814. The molecule has 1 N–H and O–H groups in total. The number of rotatable bonds is 6. The van der Waals surface area contributed by atoms with Crippen LogP contribution in [0.5, 0.6) is 0 Å². The van der Waals surface area contributed by atoms with Gasteiger partial charge < -0.3 is 10.2 Å². The number of carbonyl (C=O) groups is 2. The number of likely N-dealkylation sites (N-methyl/N-ethyl adjacent to an activating group) is 1. The van der Waals surface area contributed by atoms with Gasteiger partial charge in [0.05, 0.1) is 17.3 Å². The number of hydrogen-bond acceptors (Lipinski definition) is 4. The van der Waals surface area contributed by atoms with E-state index in [0.29, 0.717) is 10.7 Å². The van der Waals surface area contributed by atoms with Crippen molar-refractivity contribution in [2.75, 3.05) is 24.7 Å². The van der Waals surface area contributed by atoms with Gasteiger partial charge in [-0.25, -0.2) is 4.98 Å². The smallest absolute Gasteiger partial charge is 0.243 e. The predicted molar refractivity (Wildman–Crippen MR) is 92.7 cm³/mol. The van der Waals surface area contributed by atoms with Gasteiger partial charge in [0.1, 0.15) is 0 Å². The van der Waals surface area contributed by atoms with E-state index in [-0.39, 0.29) is 24.1 Å². The van der Waals surface area contributed by atoms with Crippen LogP contribution in [-0.4, -0.2) is 41.0 Å². The highest BCUT2D eigenvalue weighted by molar-refractivity contribution is 7.99. The van der Waals surface area contributed by atoms with Gasteiger partial charge in [-0.2, -0.15) is 0 Å². The molecule has 0 spiro atoms. The fraction of sp³-hybridized carbons (Fsp3) is 0.188. The molecule has 2 rings (SSSR count). The van der Waals surface area contributed by atoms with Crippen molar-refractivity contribution < 1.29 is 9.59 Å². The molecule has 0 unspecified atom stereocenters. The highest BCUT2D eigenvalue weighted by Gasteiger charge is 2.13. The summed E-state index contributed by atoms with van der Waals surface area (Å²) in [5.41, 5.74) is 0.642. The molecule has 1 aromatic heterocycles. The first-order valence-electron chi connectivity index (χ1n) is 6.88. The molecule has 1 heterocycles. The van der Waals surface area contributed by atoms with Crippen LogP contribution in [0.4, 0.5) is 5.69 Å². The van der Waals surface area contributed by atoms with Crippen molar-refractivity contribution in [1.82, 2.24) is 9.88 Å². The lowest BCUT2D eigenvalue weighted by molar-refractivity contribution is -0.131. The zero-order chi connectivity index (χ0) is 16.7. The largest absolute Gasteiger partial charge is 0.336 e. The first-order valence-corrected chi connectivity index (χ1v) is 8.24. The molecular formula is C16H16ClN3O2S. The Bertz CT molecular complexity index is 665. The maximum Gasteiger partial charge on any atom is 0.243 e. The average molecular weight is 350 g/mol. The van der Waals surface area contributed by atoms with E-state index in [0.717, 1.165) is 5.03 Å². The lowest BCUT2D eigenvalue weighted by Gasteiger charge is -2.16. The fourth-order valence-corrected chi connectivity index (χ4v) is 2.64. The third-order valence-corrected chi connectivity index (χ3v) is 4.10. The van der Waals surface area contributed by atoms with Crippen molar-refractivity contribution in [2.45, 2.75) is 5.03 Å². The summed E-state index contributed by atoms with van der Waals surface area (Å²) in [4.78, 5) is 29.5. The Labute approximate surface area is 144 Å². The minimum absolute atomic E-state index is 0.00968. The molecule has 2 amide bonds. The Hall–Kier alpha value is -2.05. The maximum atomic E-state index is 12.0. The van der Waals surface area contributed by atoms with Gasteiger partial charge in [-0.1, -0.05) is 29.4 Å². The van der Waals surface area contributed by atoms with E-state index in [1.54, 1.807) is 37.5 Å². The van der Waals surface area contributed by atoms with Crippen LogP contribution >= 0.6 is 23.4 Å². The van der Waals surface area contributed by atoms with Crippen molar-refractivity contribution in [3.8, 4) is 0 Å². The number of benzene rings is 1. The number of halogens is 1. The van der Waals surface area contributed by atoms with E-state index < -0.39 is 0 Å². The van der Waals surface area contributed by atoms with Gasteiger partial charge in [-0.3, -0.25) is 9.59 Å². The molecular weight excluding hydrogens is 334 g/mol. The number of amides is 2. The molecule has 0 bridgehead atoms. The lowest BCUT2D eigenvalue weighted by atomic mass is 10.3. The maximum absolute atomic E-state index is 12.0. The molecule has 0 aliphatic heterocycles. The molecule has 23 heavy (non-hydrogen) atoms. The van der Waals surface area contributed by atoms with Crippen LogP contribution in [0.15, 0.2) is 53.7 Å². The number of carbonyl (C=O) groups excluding carboxylic acids is 2. The van der Waals surface area contributed by atoms with E-state index in [9.17, 15) is 9.59 Å². The molecule has 0 saturated carbocycles. The number of anilines is 1. The van der Waals surface area contributed by atoms with Gasteiger partial charge in [-0.15, -0.1) is 0 Å². The first-order chi connectivity index (χ1) is 11.0. The van der Waals surface area contributed by atoms with Crippen molar-refractivity contribution in [1.29, 1.82) is 0 Å². The van der Waals surface area contributed by atoms with Crippen molar-refractivity contribution >= 4 is 40.9 Å². The Morgan fingerprint density at radius 3 is 2.61 bits per heavy atom. The summed E-state index contributed by atoms with van der Waals surface area (Å²) in [6, 6.07) is 12.3. The SMILES string of the molecule is CN(CC(=O)Nc1ccc(Cl)cc1)C(=O)CSc1ccccn1. The minimum Gasteiger partial charge on any atom is -0.336 e. The molecule has 0 aliphatic rings. The molecule has 0 atom stereocenters. The van der Waals surface area contributed by atoms with Crippen LogP contribution in [-0.2, 0) is 9.59 Å².